The summed E-state index contributed by atoms with van der Waals surface area (Å²) >= 11 is 3.13. The van der Waals surface area contributed by atoms with Crippen LogP contribution in [0.3, 0.4) is 0 Å². The van der Waals surface area contributed by atoms with Crippen molar-refractivity contribution < 1.29 is 4.11 Å². The summed E-state index contributed by atoms with van der Waals surface area (Å²) in [6, 6.07) is 0. The van der Waals surface area contributed by atoms with Gasteiger partial charge in [-0.3, -0.25) is 0 Å². The molecule has 0 fully saturated rings. The van der Waals surface area contributed by atoms with Gasteiger partial charge in [-0.25, -0.2) is 9.97 Å². The van der Waals surface area contributed by atoms with Crippen molar-refractivity contribution in [2.45, 2.75) is 0 Å². The van der Waals surface area contributed by atoms with E-state index in [1.165, 1.54) is 12.4 Å². The molecule has 3 nitrogen and oxygen atoms in total. The molecule has 0 amide bonds. The van der Waals surface area contributed by atoms with E-state index < -0.39 is 6.98 Å². The second-order valence-electron chi connectivity index (χ2n) is 1.35. The Hall–Kier alpha value is -0.640. The molecule has 9 heavy (non-hydrogen) atoms. The van der Waals surface area contributed by atoms with Crippen molar-refractivity contribution in [1.82, 2.24) is 9.97 Å². The van der Waals surface area contributed by atoms with Crippen LogP contribution in [0.15, 0.2) is 16.9 Å². The zero-order valence-corrected chi connectivity index (χ0v) is 6.01. The first-order chi connectivity index (χ1) is 5.47. The van der Waals surface area contributed by atoms with Gasteiger partial charge in [0.15, 0.2) is 0 Å². The molecule has 1 N–H and O–H groups in total. The first kappa shape index (κ1) is 3.51. The fourth-order valence-corrected chi connectivity index (χ4v) is 0.582. The largest absolute Gasteiger partial charge is 0.357 e. The zero-order valence-electron chi connectivity index (χ0n) is 7.43. The van der Waals surface area contributed by atoms with Crippen molar-refractivity contribution in [3.63, 3.8) is 0 Å². The fraction of sp³-hybridized carbons (Fsp3) is 0.200. The summed E-state index contributed by atoms with van der Waals surface area (Å²) in [4.78, 5) is 7.47. The number of anilines is 1. The van der Waals surface area contributed by atoms with Crippen LogP contribution in [0.4, 0.5) is 5.95 Å². The highest BCUT2D eigenvalue weighted by molar-refractivity contribution is 9.10. The number of aromatic nitrogens is 2. The highest BCUT2D eigenvalue weighted by Crippen LogP contribution is 2.05. The number of hydrogen-bond donors (Lipinski definition) is 1. The van der Waals surface area contributed by atoms with Crippen molar-refractivity contribution in [3.8, 4) is 0 Å². The number of halogens is 1. The van der Waals surface area contributed by atoms with Crippen molar-refractivity contribution >= 4 is 21.9 Å². The Morgan fingerprint density at radius 1 is 1.67 bits per heavy atom. The molecule has 0 saturated heterocycles. The van der Waals surface area contributed by atoms with Crippen LogP contribution in [-0.4, -0.2) is 16.9 Å². The Labute approximate surface area is 65.9 Å². The quantitative estimate of drug-likeness (QED) is 0.726. The Morgan fingerprint density at radius 3 is 2.89 bits per heavy atom. The van der Waals surface area contributed by atoms with E-state index in [1.807, 2.05) is 0 Å². The summed E-state index contributed by atoms with van der Waals surface area (Å²) in [5.74, 6) is 0.0956. The zero-order chi connectivity index (χ0) is 9.19. The molecule has 1 aromatic rings. The summed E-state index contributed by atoms with van der Waals surface area (Å²) in [5, 5.41) is 2.17. The van der Waals surface area contributed by atoms with Gasteiger partial charge in [-0.15, -0.1) is 0 Å². The Morgan fingerprint density at radius 2 is 2.33 bits per heavy atom. The van der Waals surface area contributed by atoms with Crippen LogP contribution in [0.1, 0.15) is 4.11 Å². The van der Waals surface area contributed by atoms with Gasteiger partial charge in [-0.05, 0) is 15.9 Å². The van der Waals surface area contributed by atoms with E-state index in [0.717, 1.165) is 0 Å². The smallest absolute Gasteiger partial charge is 0.222 e. The van der Waals surface area contributed by atoms with Gasteiger partial charge in [0.05, 0.1) is 4.47 Å². The predicted molar refractivity (Wildman–Crippen MR) is 39.3 cm³/mol. The van der Waals surface area contributed by atoms with Crippen LogP contribution >= 0.6 is 15.9 Å². The Balaban J connectivity index is 2.71. The third kappa shape index (κ3) is 1.64. The molecular weight excluding hydrogens is 182 g/mol. The van der Waals surface area contributed by atoms with E-state index in [1.54, 1.807) is 0 Å². The van der Waals surface area contributed by atoms with Gasteiger partial charge in [0.2, 0.25) is 5.95 Å². The summed E-state index contributed by atoms with van der Waals surface area (Å²) in [6.45, 7) is -2.24. The summed E-state index contributed by atoms with van der Waals surface area (Å²) in [5.41, 5.74) is 0. The molecule has 0 bridgehead atoms. The van der Waals surface area contributed by atoms with Crippen molar-refractivity contribution in [1.29, 1.82) is 0 Å². The highest BCUT2D eigenvalue weighted by Gasteiger charge is 1.88. The van der Waals surface area contributed by atoms with Gasteiger partial charge in [0.25, 0.3) is 0 Å². The first-order valence-electron chi connectivity index (χ1n) is 3.73. The van der Waals surface area contributed by atoms with Crippen LogP contribution in [0.25, 0.3) is 0 Å². The van der Waals surface area contributed by atoms with E-state index in [4.69, 9.17) is 4.11 Å². The maximum Gasteiger partial charge on any atom is 0.222 e. The molecule has 4 heteroatoms. The highest BCUT2D eigenvalue weighted by atomic mass is 79.9. The van der Waals surface area contributed by atoms with Crippen molar-refractivity contribution in [2.24, 2.45) is 0 Å². The lowest BCUT2D eigenvalue weighted by Crippen LogP contribution is -1.93. The molecule has 0 radical (unpaired) electrons. The molecule has 0 aliphatic heterocycles. The summed E-state index contributed by atoms with van der Waals surface area (Å²) < 4.78 is 21.3. The van der Waals surface area contributed by atoms with Crippen LogP contribution in [0.2, 0.25) is 0 Å². The number of rotatable bonds is 1. The predicted octanol–water partition coefficient (Wildman–Crippen LogP) is 1.28. The average Bonchev–Trinajstić information content (AvgIpc) is 1.91. The van der Waals surface area contributed by atoms with E-state index in [9.17, 15) is 0 Å². The third-order valence-electron chi connectivity index (χ3n) is 0.732. The molecule has 0 aliphatic carbocycles. The Kier molecular flexibility index (Phi) is 1.08. The minimum atomic E-state index is -2.24. The average molecular weight is 191 g/mol. The second-order valence-corrected chi connectivity index (χ2v) is 2.27. The van der Waals surface area contributed by atoms with Crippen molar-refractivity contribution in [3.05, 3.63) is 16.9 Å². The van der Waals surface area contributed by atoms with Gasteiger partial charge in [-0.2, -0.15) is 0 Å². The van der Waals surface area contributed by atoms with Crippen LogP contribution in [-0.2, 0) is 0 Å². The minimum absolute atomic E-state index is 0.0956. The molecule has 0 aromatic carbocycles. The molecule has 0 spiro atoms. The SMILES string of the molecule is [2H]C([2H])([2H])Nc1ncc(Br)cn1. The normalized spacial score (nSPS) is 15.4. The molecule has 0 aliphatic rings. The molecule has 0 unspecified atom stereocenters. The lowest BCUT2D eigenvalue weighted by atomic mass is 10.7. The van der Waals surface area contributed by atoms with Crippen LogP contribution < -0.4 is 5.32 Å². The number of nitrogens with one attached hydrogen (secondary N) is 1. The molecule has 1 aromatic heterocycles. The summed E-state index contributed by atoms with van der Waals surface area (Å²) in [7, 11) is 0. The number of nitrogens with zero attached hydrogens (tertiary/aromatic N) is 2. The maximum absolute atomic E-state index is 6.85. The maximum atomic E-state index is 6.85. The number of hydrogen-bond acceptors (Lipinski definition) is 3. The van der Waals surface area contributed by atoms with Gasteiger partial charge in [0.1, 0.15) is 0 Å². The topological polar surface area (TPSA) is 37.8 Å². The van der Waals surface area contributed by atoms with E-state index in [0.29, 0.717) is 4.47 Å². The molecule has 0 atom stereocenters. The van der Waals surface area contributed by atoms with Gasteiger partial charge < -0.3 is 5.32 Å². The fourth-order valence-electron chi connectivity index (χ4n) is 0.377. The van der Waals surface area contributed by atoms with Crippen molar-refractivity contribution in [2.75, 3.05) is 12.3 Å². The Bertz CT molecular complexity index is 258. The summed E-state index contributed by atoms with van der Waals surface area (Å²) in [6.07, 6.45) is 2.95. The molecule has 48 valence electrons. The molecular formula is C5H6BrN3. The lowest BCUT2D eigenvalue weighted by Gasteiger charge is -1.94. The minimum Gasteiger partial charge on any atom is -0.357 e. The second kappa shape index (κ2) is 2.77. The molecule has 1 rings (SSSR count). The van der Waals surface area contributed by atoms with Gasteiger partial charge in [-0.1, -0.05) is 0 Å². The van der Waals surface area contributed by atoms with E-state index in [2.05, 4.69) is 31.2 Å². The van der Waals surface area contributed by atoms with Gasteiger partial charge in [0, 0.05) is 23.5 Å². The van der Waals surface area contributed by atoms with E-state index in [-0.39, 0.29) is 5.95 Å². The van der Waals surface area contributed by atoms with E-state index >= 15 is 0 Å². The third-order valence-corrected chi connectivity index (χ3v) is 1.14. The standard InChI is InChI=1S/C5H6BrN3/c1-7-5-8-2-4(6)3-9-5/h2-3H,1H3,(H,7,8,9)/i1D3. The van der Waals surface area contributed by atoms with Crippen LogP contribution in [0, 0.1) is 0 Å². The monoisotopic (exact) mass is 190 g/mol. The lowest BCUT2D eigenvalue weighted by molar-refractivity contribution is 1.14. The molecule has 1 heterocycles. The molecule has 0 saturated carbocycles. The van der Waals surface area contributed by atoms with Crippen LogP contribution in [0.5, 0.6) is 0 Å². The first-order valence-corrected chi connectivity index (χ1v) is 3.02. The van der Waals surface area contributed by atoms with Gasteiger partial charge >= 0.3 is 0 Å².